The van der Waals surface area contributed by atoms with Gasteiger partial charge in [0.2, 0.25) is 0 Å². The summed E-state index contributed by atoms with van der Waals surface area (Å²) < 4.78 is 0.970. The lowest BCUT2D eigenvalue weighted by atomic mass is 9.93. The lowest BCUT2D eigenvalue weighted by Crippen LogP contribution is -2.09. The van der Waals surface area contributed by atoms with Crippen molar-refractivity contribution < 1.29 is 15.0 Å². The number of hydrogen-bond acceptors (Lipinski definition) is 2. The van der Waals surface area contributed by atoms with Gasteiger partial charge in [-0.15, -0.1) is 0 Å². The normalized spacial score (nSPS) is 12.2. The summed E-state index contributed by atoms with van der Waals surface area (Å²) in [4.78, 5) is 11.2. The minimum atomic E-state index is -1.04. The number of aromatic carboxylic acids is 1. The summed E-state index contributed by atoms with van der Waals surface area (Å²) in [5, 5.41) is 19.7. The number of hydrogen-bond donors (Lipinski definition) is 2. The van der Waals surface area contributed by atoms with Crippen molar-refractivity contribution in [1.29, 1.82) is 0 Å². The van der Waals surface area contributed by atoms with Crippen LogP contribution in [0, 0.1) is 13.8 Å². The molecule has 2 rings (SSSR count). The van der Waals surface area contributed by atoms with Crippen molar-refractivity contribution in [2.45, 2.75) is 20.0 Å². The van der Waals surface area contributed by atoms with Crippen LogP contribution in [0.25, 0.3) is 0 Å². The molecule has 0 amide bonds. The minimum Gasteiger partial charge on any atom is -0.478 e. The predicted octanol–water partition coefficient (Wildman–Crippen LogP) is 3.85. The summed E-state index contributed by atoms with van der Waals surface area (Å²) in [6.45, 7) is 3.83. The third kappa shape index (κ3) is 2.76. The number of rotatable bonds is 3. The average molecular weight is 335 g/mol. The van der Waals surface area contributed by atoms with E-state index in [1.54, 1.807) is 18.2 Å². The highest BCUT2D eigenvalue weighted by Gasteiger charge is 2.20. The van der Waals surface area contributed by atoms with Gasteiger partial charge >= 0.3 is 5.97 Å². The molecule has 2 N–H and O–H groups in total. The minimum absolute atomic E-state index is 0.125. The number of halogens is 1. The van der Waals surface area contributed by atoms with E-state index in [1.807, 2.05) is 26.0 Å². The molecule has 0 aliphatic rings. The Morgan fingerprint density at radius 1 is 1.10 bits per heavy atom. The van der Waals surface area contributed by atoms with Crippen LogP contribution in [0.5, 0.6) is 0 Å². The Labute approximate surface area is 126 Å². The summed E-state index contributed by atoms with van der Waals surface area (Å²) in [5.74, 6) is -1.04. The molecule has 2 aromatic rings. The van der Waals surface area contributed by atoms with E-state index in [0.29, 0.717) is 5.56 Å². The first-order valence-corrected chi connectivity index (χ1v) is 6.98. The molecule has 2 aromatic carbocycles. The zero-order chi connectivity index (χ0) is 14.9. The SMILES string of the molecule is Cc1cc(C(O)c2ccccc2C(=O)O)c(C)cc1Br. The van der Waals surface area contributed by atoms with E-state index in [-0.39, 0.29) is 5.56 Å². The number of aliphatic hydroxyl groups excluding tert-OH is 1. The van der Waals surface area contributed by atoms with E-state index in [2.05, 4.69) is 15.9 Å². The lowest BCUT2D eigenvalue weighted by Gasteiger charge is -2.17. The van der Waals surface area contributed by atoms with E-state index in [4.69, 9.17) is 0 Å². The first kappa shape index (κ1) is 14.8. The maximum Gasteiger partial charge on any atom is 0.336 e. The van der Waals surface area contributed by atoms with Gasteiger partial charge in [-0.05, 0) is 48.2 Å². The second kappa shape index (κ2) is 5.77. The van der Waals surface area contributed by atoms with Crippen LogP contribution in [0.15, 0.2) is 40.9 Å². The molecule has 1 atom stereocenters. The topological polar surface area (TPSA) is 57.5 Å². The molecule has 0 aliphatic heterocycles. The van der Waals surface area contributed by atoms with Crippen molar-refractivity contribution in [3.8, 4) is 0 Å². The van der Waals surface area contributed by atoms with Crippen molar-refractivity contribution in [2.24, 2.45) is 0 Å². The highest BCUT2D eigenvalue weighted by Crippen LogP contribution is 2.30. The third-order valence-electron chi connectivity index (χ3n) is 3.33. The van der Waals surface area contributed by atoms with Crippen LogP contribution in [0.4, 0.5) is 0 Å². The van der Waals surface area contributed by atoms with Gasteiger partial charge in [-0.1, -0.05) is 40.2 Å². The fourth-order valence-corrected chi connectivity index (χ4v) is 2.65. The molecule has 0 fully saturated rings. The maximum atomic E-state index is 11.2. The maximum absolute atomic E-state index is 11.2. The van der Waals surface area contributed by atoms with E-state index in [9.17, 15) is 15.0 Å². The smallest absolute Gasteiger partial charge is 0.336 e. The fourth-order valence-electron chi connectivity index (χ4n) is 2.20. The zero-order valence-corrected chi connectivity index (χ0v) is 12.8. The van der Waals surface area contributed by atoms with Gasteiger partial charge in [-0.25, -0.2) is 4.79 Å². The Bertz CT molecular complexity index is 665. The molecule has 4 heteroatoms. The van der Waals surface area contributed by atoms with E-state index in [1.165, 1.54) is 6.07 Å². The number of carboxylic acid groups (broad SMARTS) is 1. The van der Waals surface area contributed by atoms with Crippen LogP contribution in [0.3, 0.4) is 0 Å². The molecular weight excluding hydrogens is 320 g/mol. The first-order chi connectivity index (χ1) is 9.41. The van der Waals surface area contributed by atoms with Gasteiger partial charge in [0, 0.05) is 4.47 Å². The molecule has 1 unspecified atom stereocenters. The van der Waals surface area contributed by atoms with Crippen molar-refractivity contribution >= 4 is 21.9 Å². The second-order valence-corrected chi connectivity index (χ2v) is 5.61. The Morgan fingerprint density at radius 2 is 1.75 bits per heavy atom. The van der Waals surface area contributed by atoms with Crippen molar-refractivity contribution in [3.05, 3.63) is 68.7 Å². The van der Waals surface area contributed by atoms with E-state index < -0.39 is 12.1 Å². The first-order valence-electron chi connectivity index (χ1n) is 6.18. The number of aliphatic hydroxyl groups is 1. The molecule has 3 nitrogen and oxygen atoms in total. The average Bonchev–Trinajstić information content (AvgIpc) is 2.42. The molecule has 0 aliphatic carbocycles. The molecule has 0 spiro atoms. The summed E-state index contributed by atoms with van der Waals surface area (Å²) in [6, 6.07) is 10.3. The number of aryl methyl sites for hydroxylation is 2. The molecule has 20 heavy (non-hydrogen) atoms. The zero-order valence-electron chi connectivity index (χ0n) is 11.2. The summed E-state index contributed by atoms with van der Waals surface area (Å²) in [7, 11) is 0. The van der Waals surface area contributed by atoms with Crippen molar-refractivity contribution in [1.82, 2.24) is 0 Å². The quantitative estimate of drug-likeness (QED) is 0.896. The number of benzene rings is 2. The lowest BCUT2D eigenvalue weighted by molar-refractivity contribution is 0.0691. The molecule has 0 saturated heterocycles. The van der Waals surface area contributed by atoms with Crippen molar-refractivity contribution in [3.63, 3.8) is 0 Å². The molecule has 0 radical (unpaired) electrons. The summed E-state index contributed by atoms with van der Waals surface area (Å²) >= 11 is 3.45. The Kier molecular flexibility index (Phi) is 4.26. The van der Waals surface area contributed by atoms with Gasteiger partial charge in [0.15, 0.2) is 0 Å². The highest BCUT2D eigenvalue weighted by atomic mass is 79.9. The Hall–Kier alpha value is -1.65. The van der Waals surface area contributed by atoms with Crippen LogP contribution in [0.2, 0.25) is 0 Å². The van der Waals surface area contributed by atoms with E-state index in [0.717, 1.165) is 21.2 Å². The molecule has 0 bridgehead atoms. The monoisotopic (exact) mass is 334 g/mol. The fraction of sp³-hybridized carbons (Fsp3) is 0.188. The standard InChI is InChI=1S/C16H15BrO3/c1-9-8-14(17)10(2)7-13(9)15(18)11-5-3-4-6-12(11)16(19)20/h3-8,15,18H,1-2H3,(H,19,20). The highest BCUT2D eigenvalue weighted by molar-refractivity contribution is 9.10. The van der Waals surface area contributed by atoms with Gasteiger partial charge in [-0.2, -0.15) is 0 Å². The van der Waals surface area contributed by atoms with Gasteiger partial charge in [0.1, 0.15) is 6.10 Å². The van der Waals surface area contributed by atoms with Crippen LogP contribution in [0.1, 0.15) is 38.7 Å². The third-order valence-corrected chi connectivity index (χ3v) is 4.18. The van der Waals surface area contributed by atoms with Crippen LogP contribution in [-0.2, 0) is 0 Å². The summed E-state index contributed by atoms with van der Waals surface area (Å²) in [6.07, 6.45) is -0.950. The number of carboxylic acids is 1. The van der Waals surface area contributed by atoms with Crippen molar-refractivity contribution in [2.75, 3.05) is 0 Å². The van der Waals surface area contributed by atoms with Gasteiger partial charge < -0.3 is 10.2 Å². The molecule has 0 aromatic heterocycles. The number of carbonyl (C=O) groups is 1. The largest absolute Gasteiger partial charge is 0.478 e. The predicted molar refractivity (Wildman–Crippen MR) is 81.1 cm³/mol. The van der Waals surface area contributed by atoms with Gasteiger partial charge in [0.25, 0.3) is 0 Å². The van der Waals surface area contributed by atoms with E-state index >= 15 is 0 Å². The molecule has 0 heterocycles. The molecule has 0 saturated carbocycles. The van der Waals surface area contributed by atoms with Crippen LogP contribution in [-0.4, -0.2) is 16.2 Å². The Balaban J connectivity index is 2.55. The van der Waals surface area contributed by atoms with Gasteiger partial charge in [-0.3, -0.25) is 0 Å². The molecular formula is C16H15BrO3. The summed E-state index contributed by atoms with van der Waals surface area (Å²) in [5.41, 5.74) is 3.16. The second-order valence-electron chi connectivity index (χ2n) is 4.75. The Morgan fingerprint density at radius 3 is 2.40 bits per heavy atom. The van der Waals surface area contributed by atoms with Crippen LogP contribution >= 0.6 is 15.9 Å². The molecule has 104 valence electrons. The van der Waals surface area contributed by atoms with Gasteiger partial charge in [0.05, 0.1) is 5.56 Å². The van der Waals surface area contributed by atoms with Crippen LogP contribution < -0.4 is 0 Å².